The van der Waals surface area contributed by atoms with E-state index in [9.17, 15) is 0 Å². The van der Waals surface area contributed by atoms with E-state index in [1.807, 2.05) is 6.08 Å². The molecule has 1 N–H and O–H groups in total. The topological polar surface area (TPSA) is 20.2 Å². The fourth-order valence-electron chi connectivity index (χ4n) is 1.06. The summed E-state index contributed by atoms with van der Waals surface area (Å²) in [6.07, 6.45) is 14.5. The molecule has 0 aliphatic heterocycles. The predicted octanol–water partition coefficient (Wildman–Crippen LogP) is 3.97. The average molecular weight is 168 g/mol. The van der Waals surface area contributed by atoms with Crippen LogP contribution in [0.1, 0.15) is 45.4 Å². The van der Waals surface area contributed by atoms with Gasteiger partial charge in [0, 0.05) is 0 Å². The zero-order chi connectivity index (χ0) is 9.07. The van der Waals surface area contributed by atoms with Gasteiger partial charge in [0.2, 0.25) is 0 Å². The molecule has 0 bridgehead atoms. The van der Waals surface area contributed by atoms with E-state index in [1.165, 1.54) is 25.7 Å². The lowest BCUT2D eigenvalue weighted by Crippen LogP contribution is -1.74. The molecule has 0 aliphatic carbocycles. The van der Waals surface area contributed by atoms with Crippen LogP contribution < -0.4 is 0 Å². The number of rotatable bonds is 7. The Balaban J connectivity index is 2.95. The zero-order valence-electron chi connectivity index (χ0n) is 8.00. The number of aliphatic hydroxyl groups excluding tert-OH is 1. The van der Waals surface area contributed by atoms with Gasteiger partial charge in [-0.1, -0.05) is 31.6 Å². The normalized spacial score (nSPS) is 11.8. The molecule has 12 heavy (non-hydrogen) atoms. The van der Waals surface area contributed by atoms with Gasteiger partial charge in [-0.15, -0.1) is 0 Å². The summed E-state index contributed by atoms with van der Waals surface area (Å²) in [5.74, 6) is 0. The van der Waals surface area contributed by atoms with Crippen molar-refractivity contribution in [1.29, 1.82) is 0 Å². The molecule has 1 heteroatoms. The SMILES string of the molecule is CCC=CCCCCCC=CO. The van der Waals surface area contributed by atoms with Crippen LogP contribution in [-0.2, 0) is 0 Å². The molecule has 70 valence electrons. The van der Waals surface area contributed by atoms with Crippen molar-refractivity contribution in [2.24, 2.45) is 0 Å². The highest BCUT2D eigenvalue weighted by Crippen LogP contribution is 2.04. The first kappa shape index (κ1) is 11.3. The fourth-order valence-corrected chi connectivity index (χ4v) is 1.06. The van der Waals surface area contributed by atoms with Gasteiger partial charge in [0.1, 0.15) is 0 Å². The molecule has 0 fully saturated rings. The van der Waals surface area contributed by atoms with Gasteiger partial charge in [0.05, 0.1) is 6.26 Å². The molecular formula is C11H20O. The van der Waals surface area contributed by atoms with Gasteiger partial charge in [0.15, 0.2) is 0 Å². The average Bonchev–Trinajstić information content (AvgIpc) is 2.10. The summed E-state index contributed by atoms with van der Waals surface area (Å²) in [6, 6.07) is 0. The van der Waals surface area contributed by atoms with Crippen molar-refractivity contribution < 1.29 is 5.11 Å². The van der Waals surface area contributed by atoms with E-state index < -0.39 is 0 Å². The van der Waals surface area contributed by atoms with Gasteiger partial charge in [-0.25, -0.2) is 0 Å². The van der Waals surface area contributed by atoms with Crippen molar-refractivity contribution in [2.75, 3.05) is 0 Å². The molecular weight excluding hydrogens is 148 g/mol. The van der Waals surface area contributed by atoms with Crippen LogP contribution >= 0.6 is 0 Å². The summed E-state index contributed by atoms with van der Waals surface area (Å²) in [7, 11) is 0. The number of unbranched alkanes of at least 4 members (excludes halogenated alkanes) is 4. The quantitative estimate of drug-likeness (QED) is 0.346. The lowest BCUT2D eigenvalue weighted by Gasteiger charge is -1.94. The summed E-state index contributed by atoms with van der Waals surface area (Å²) in [5.41, 5.74) is 0. The molecule has 0 radical (unpaired) electrons. The van der Waals surface area contributed by atoms with Gasteiger partial charge in [-0.3, -0.25) is 0 Å². The van der Waals surface area contributed by atoms with E-state index in [1.54, 1.807) is 0 Å². The van der Waals surface area contributed by atoms with Crippen LogP contribution in [0.3, 0.4) is 0 Å². The third kappa shape index (κ3) is 9.28. The molecule has 0 rings (SSSR count). The summed E-state index contributed by atoms with van der Waals surface area (Å²) < 4.78 is 0. The number of aliphatic hydroxyl groups is 1. The van der Waals surface area contributed by atoms with E-state index in [4.69, 9.17) is 5.11 Å². The van der Waals surface area contributed by atoms with Crippen LogP contribution in [-0.4, -0.2) is 5.11 Å². The number of hydrogen-bond donors (Lipinski definition) is 1. The highest BCUT2D eigenvalue weighted by molar-refractivity contribution is 4.79. The molecule has 0 saturated carbocycles. The second-order valence-electron chi connectivity index (χ2n) is 2.90. The first-order valence-corrected chi connectivity index (χ1v) is 4.86. The van der Waals surface area contributed by atoms with Crippen LogP contribution in [0.5, 0.6) is 0 Å². The number of allylic oxidation sites excluding steroid dienone is 3. The molecule has 0 aliphatic rings. The molecule has 1 nitrogen and oxygen atoms in total. The molecule has 0 aromatic carbocycles. The van der Waals surface area contributed by atoms with Gasteiger partial charge < -0.3 is 5.11 Å². The van der Waals surface area contributed by atoms with Crippen LogP contribution in [0.2, 0.25) is 0 Å². The molecule has 0 aromatic heterocycles. The molecule has 0 amide bonds. The highest BCUT2D eigenvalue weighted by atomic mass is 16.2. The second kappa shape index (κ2) is 10.3. The van der Waals surface area contributed by atoms with Gasteiger partial charge in [-0.05, 0) is 32.1 Å². The largest absolute Gasteiger partial charge is 0.516 e. The van der Waals surface area contributed by atoms with Crippen molar-refractivity contribution in [1.82, 2.24) is 0 Å². The molecule has 0 saturated heterocycles. The first-order valence-electron chi connectivity index (χ1n) is 4.86. The zero-order valence-corrected chi connectivity index (χ0v) is 8.00. The second-order valence-corrected chi connectivity index (χ2v) is 2.90. The maximum Gasteiger partial charge on any atom is 0.0751 e. The van der Waals surface area contributed by atoms with Crippen LogP contribution in [0.25, 0.3) is 0 Å². The van der Waals surface area contributed by atoms with E-state index in [0.717, 1.165) is 19.1 Å². The van der Waals surface area contributed by atoms with Crippen molar-refractivity contribution in [3.8, 4) is 0 Å². The van der Waals surface area contributed by atoms with E-state index in [0.29, 0.717) is 0 Å². The Bertz CT molecular complexity index is 125. The third-order valence-electron chi connectivity index (χ3n) is 1.75. The molecule has 0 unspecified atom stereocenters. The van der Waals surface area contributed by atoms with Crippen molar-refractivity contribution in [3.63, 3.8) is 0 Å². The monoisotopic (exact) mass is 168 g/mol. The maximum absolute atomic E-state index is 8.35. The van der Waals surface area contributed by atoms with Crippen molar-refractivity contribution in [2.45, 2.75) is 45.4 Å². The molecule has 0 spiro atoms. The standard InChI is InChI=1S/C11H20O/c1-2-3-4-5-6-7-8-9-10-11-12/h3-4,10-12H,2,5-9H2,1H3. The van der Waals surface area contributed by atoms with E-state index in [-0.39, 0.29) is 0 Å². The minimum Gasteiger partial charge on any atom is -0.516 e. The third-order valence-corrected chi connectivity index (χ3v) is 1.75. The minimum absolute atomic E-state index is 1.01. The Hall–Kier alpha value is -0.720. The summed E-state index contributed by atoms with van der Waals surface area (Å²) in [4.78, 5) is 0. The Morgan fingerprint density at radius 1 is 0.917 bits per heavy atom. The van der Waals surface area contributed by atoms with Crippen LogP contribution in [0.4, 0.5) is 0 Å². The Kier molecular flexibility index (Phi) is 9.66. The van der Waals surface area contributed by atoms with Crippen LogP contribution in [0.15, 0.2) is 24.5 Å². The summed E-state index contributed by atoms with van der Waals surface area (Å²) in [5, 5.41) is 8.35. The fraction of sp³-hybridized carbons (Fsp3) is 0.636. The Labute approximate surface area is 75.8 Å². The Morgan fingerprint density at radius 3 is 2.17 bits per heavy atom. The van der Waals surface area contributed by atoms with Crippen molar-refractivity contribution >= 4 is 0 Å². The van der Waals surface area contributed by atoms with Gasteiger partial charge >= 0.3 is 0 Å². The molecule has 0 aromatic rings. The minimum atomic E-state index is 1.01. The van der Waals surface area contributed by atoms with E-state index >= 15 is 0 Å². The summed E-state index contributed by atoms with van der Waals surface area (Å²) >= 11 is 0. The van der Waals surface area contributed by atoms with Crippen molar-refractivity contribution in [3.05, 3.63) is 24.5 Å². The van der Waals surface area contributed by atoms with E-state index in [2.05, 4.69) is 19.1 Å². The first-order chi connectivity index (χ1) is 5.91. The summed E-state index contributed by atoms with van der Waals surface area (Å²) in [6.45, 7) is 2.16. The van der Waals surface area contributed by atoms with Gasteiger partial charge in [-0.2, -0.15) is 0 Å². The van der Waals surface area contributed by atoms with Gasteiger partial charge in [0.25, 0.3) is 0 Å². The Morgan fingerprint density at radius 2 is 1.58 bits per heavy atom. The highest BCUT2D eigenvalue weighted by Gasteiger charge is 1.84. The molecule has 0 heterocycles. The van der Waals surface area contributed by atoms with Crippen LogP contribution in [0, 0.1) is 0 Å². The predicted molar refractivity (Wildman–Crippen MR) is 54.3 cm³/mol. The number of hydrogen-bond acceptors (Lipinski definition) is 1. The lowest BCUT2D eigenvalue weighted by molar-refractivity contribution is 0.469. The maximum atomic E-state index is 8.35. The molecule has 0 atom stereocenters. The smallest absolute Gasteiger partial charge is 0.0751 e. The lowest BCUT2D eigenvalue weighted by atomic mass is 10.1.